The van der Waals surface area contributed by atoms with Crippen LogP contribution in [0.2, 0.25) is 0 Å². The molecule has 0 bridgehead atoms. The van der Waals surface area contributed by atoms with E-state index >= 15 is 0 Å². The molecule has 2 amide bonds. The highest BCUT2D eigenvalue weighted by Crippen LogP contribution is 2.31. The normalized spacial score (nSPS) is 17.1. The van der Waals surface area contributed by atoms with Gasteiger partial charge in [0.1, 0.15) is 5.75 Å². The Morgan fingerprint density at radius 3 is 2.33 bits per heavy atom. The highest BCUT2D eigenvalue weighted by atomic mass is 32.2. The van der Waals surface area contributed by atoms with E-state index in [1.54, 1.807) is 11.0 Å². The molecule has 2 aromatic rings. The summed E-state index contributed by atoms with van der Waals surface area (Å²) in [4.78, 5) is 26.1. The Balaban J connectivity index is 1.47. The fraction of sp³-hybridized carbons (Fsp3) is 0.333. The van der Waals surface area contributed by atoms with E-state index in [4.69, 9.17) is 4.74 Å². The molecule has 8 nitrogen and oxygen atoms in total. The maximum Gasteiger partial charge on any atom is 0.262 e. The van der Waals surface area contributed by atoms with E-state index < -0.39 is 10.0 Å². The fourth-order valence-corrected chi connectivity index (χ4v) is 5.23. The molecule has 1 fully saturated rings. The van der Waals surface area contributed by atoms with E-state index in [1.165, 1.54) is 16.4 Å². The van der Waals surface area contributed by atoms with Crippen LogP contribution in [0.15, 0.2) is 41.3 Å². The minimum absolute atomic E-state index is 0.0844. The van der Waals surface area contributed by atoms with Gasteiger partial charge in [0.15, 0.2) is 6.61 Å². The maximum atomic E-state index is 13.1. The zero-order chi connectivity index (χ0) is 21.5. The van der Waals surface area contributed by atoms with Crippen molar-refractivity contribution in [3.05, 3.63) is 53.1 Å². The Hall–Kier alpha value is -2.91. The first-order valence-electron chi connectivity index (χ1n) is 9.68. The molecule has 0 atom stereocenters. The van der Waals surface area contributed by atoms with Crippen LogP contribution in [-0.4, -0.2) is 62.2 Å². The van der Waals surface area contributed by atoms with E-state index in [9.17, 15) is 18.0 Å². The van der Waals surface area contributed by atoms with Crippen LogP contribution in [0.1, 0.15) is 21.5 Å². The number of carbonyl (C=O) groups excluding carboxylic acids is 2. The summed E-state index contributed by atoms with van der Waals surface area (Å²) in [6.07, 6.45) is 0. The highest BCUT2D eigenvalue weighted by Gasteiger charge is 2.31. The van der Waals surface area contributed by atoms with E-state index in [-0.39, 0.29) is 36.4 Å². The van der Waals surface area contributed by atoms with Crippen LogP contribution in [0.25, 0.3) is 0 Å². The third-order valence-electron chi connectivity index (χ3n) is 5.22. The first kappa shape index (κ1) is 20.4. The number of ether oxygens (including phenoxy) is 1. The number of piperazine rings is 1. The molecule has 0 aromatic heterocycles. The molecule has 0 aliphatic carbocycles. The summed E-state index contributed by atoms with van der Waals surface area (Å²) < 4.78 is 32.8. The number of hydrogen-bond donors (Lipinski definition) is 1. The van der Waals surface area contributed by atoms with E-state index in [0.717, 1.165) is 11.1 Å². The number of amides is 2. The number of nitrogens with one attached hydrogen (secondary N) is 1. The lowest BCUT2D eigenvalue weighted by Crippen LogP contribution is -2.50. The van der Waals surface area contributed by atoms with Crippen molar-refractivity contribution in [3.8, 4) is 5.75 Å². The summed E-state index contributed by atoms with van der Waals surface area (Å²) in [7, 11) is -3.75. The van der Waals surface area contributed by atoms with E-state index in [2.05, 4.69) is 5.32 Å². The molecule has 1 saturated heterocycles. The summed E-state index contributed by atoms with van der Waals surface area (Å²) >= 11 is 0. The van der Waals surface area contributed by atoms with Crippen LogP contribution in [0.5, 0.6) is 5.75 Å². The Morgan fingerprint density at radius 2 is 1.67 bits per heavy atom. The first-order valence-corrected chi connectivity index (χ1v) is 11.1. The number of hydrogen-bond acceptors (Lipinski definition) is 5. The number of nitrogens with zero attached hydrogens (tertiary/aromatic N) is 2. The summed E-state index contributed by atoms with van der Waals surface area (Å²) in [6.45, 7) is 4.85. The van der Waals surface area contributed by atoms with Gasteiger partial charge in [0.2, 0.25) is 10.0 Å². The lowest BCUT2D eigenvalue weighted by atomic mass is 10.1. The van der Waals surface area contributed by atoms with Gasteiger partial charge in [-0.05, 0) is 44.2 Å². The molecule has 158 valence electrons. The Kier molecular flexibility index (Phi) is 5.25. The van der Waals surface area contributed by atoms with Gasteiger partial charge in [-0.15, -0.1) is 0 Å². The van der Waals surface area contributed by atoms with Crippen molar-refractivity contribution in [2.24, 2.45) is 0 Å². The second kappa shape index (κ2) is 7.73. The van der Waals surface area contributed by atoms with Crippen molar-refractivity contribution < 1.29 is 22.7 Å². The monoisotopic (exact) mass is 429 g/mol. The molecule has 0 unspecified atom stereocenters. The van der Waals surface area contributed by atoms with Crippen LogP contribution in [0.4, 0.5) is 5.69 Å². The molecule has 2 aliphatic heterocycles. The Morgan fingerprint density at radius 1 is 1.00 bits per heavy atom. The van der Waals surface area contributed by atoms with Gasteiger partial charge >= 0.3 is 0 Å². The second-order valence-corrected chi connectivity index (χ2v) is 9.51. The standard InChI is InChI=1S/C21H23N3O5S/c1-14-9-15(2)11-16(10-14)21(26)23-5-7-24(8-6-23)30(27,28)17-3-4-19-18(12-17)22-20(25)13-29-19/h3-4,9-12H,5-8,13H2,1-2H3,(H,22,25). The van der Waals surface area contributed by atoms with Crippen molar-refractivity contribution in [1.82, 2.24) is 9.21 Å². The number of carbonyl (C=O) groups is 2. The van der Waals surface area contributed by atoms with Crippen LogP contribution in [0, 0.1) is 13.8 Å². The van der Waals surface area contributed by atoms with Gasteiger partial charge < -0.3 is 15.0 Å². The van der Waals surface area contributed by atoms with Gasteiger partial charge in [-0.2, -0.15) is 4.31 Å². The fourth-order valence-electron chi connectivity index (χ4n) is 3.78. The number of sulfonamides is 1. The molecule has 0 saturated carbocycles. The maximum absolute atomic E-state index is 13.1. The molecule has 30 heavy (non-hydrogen) atoms. The molecule has 1 N–H and O–H groups in total. The smallest absolute Gasteiger partial charge is 0.262 e. The van der Waals surface area contributed by atoms with Crippen molar-refractivity contribution in [1.29, 1.82) is 0 Å². The van der Waals surface area contributed by atoms with Crippen LogP contribution >= 0.6 is 0 Å². The minimum atomic E-state index is -3.75. The number of anilines is 1. The molecule has 2 aliphatic rings. The van der Waals surface area contributed by atoms with Crippen LogP contribution in [0.3, 0.4) is 0 Å². The molecule has 4 rings (SSSR count). The lowest BCUT2D eigenvalue weighted by Gasteiger charge is -2.34. The predicted molar refractivity (Wildman–Crippen MR) is 111 cm³/mol. The van der Waals surface area contributed by atoms with Crippen molar-refractivity contribution >= 4 is 27.5 Å². The summed E-state index contributed by atoms with van der Waals surface area (Å²) in [5, 5.41) is 2.62. The highest BCUT2D eigenvalue weighted by molar-refractivity contribution is 7.89. The summed E-state index contributed by atoms with van der Waals surface area (Å²) in [5.74, 6) is 0.0282. The molecule has 2 aromatic carbocycles. The van der Waals surface area contributed by atoms with Gasteiger partial charge in [0.05, 0.1) is 10.6 Å². The van der Waals surface area contributed by atoms with Crippen molar-refractivity contribution in [2.75, 3.05) is 38.1 Å². The molecule has 0 spiro atoms. The van der Waals surface area contributed by atoms with Gasteiger partial charge in [-0.1, -0.05) is 17.2 Å². The largest absolute Gasteiger partial charge is 0.482 e. The third kappa shape index (κ3) is 3.90. The predicted octanol–water partition coefficient (Wildman–Crippen LogP) is 1.78. The SMILES string of the molecule is Cc1cc(C)cc(C(=O)N2CCN(S(=O)(=O)c3ccc4c(c3)NC(=O)CO4)CC2)c1. The molecular formula is C21H23N3O5S. The zero-order valence-electron chi connectivity index (χ0n) is 16.8. The van der Waals surface area contributed by atoms with E-state index in [0.29, 0.717) is 30.1 Å². The molecule has 9 heteroatoms. The number of fused-ring (bicyclic) bond motifs is 1. The number of rotatable bonds is 3. The molecule has 2 heterocycles. The van der Waals surface area contributed by atoms with Gasteiger partial charge in [-0.3, -0.25) is 9.59 Å². The Bertz CT molecular complexity index is 1100. The third-order valence-corrected chi connectivity index (χ3v) is 7.11. The first-order chi connectivity index (χ1) is 14.2. The topological polar surface area (TPSA) is 96.0 Å². The minimum Gasteiger partial charge on any atom is -0.482 e. The summed E-state index contributed by atoms with van der Waals surface area (Å²) in [5.41, 5.74) is 3.00. The van der Waals surface area contributed by atoms with E-state index in [1.807, 2.05) is 32.0 Å². The van der Waals surface area contributed by atoms with Gasteiger partial charge in [-0.25, -0.2) is 8.42 Å². The number of aryl methyl sites for hydroxylation is 2. The summed E-state index contributed by atoms with van der Waals surface area (Å²) in [6, 6.07) is 10.1. The lowest BCUT2D eigenvalue weighted by molar-refractivity contribution is -0.118. The molecular weight excluding hydrogens is 406 g/mol. The zero-order valence-corrected chi connectivity index (χ0v) is 17.7. The van der Waals surface area contributed by atoms with Gasteiger partial charge in [0, 0.05) is 31.7 Å². The van der Waals surface area contributed by atoms with Crippen molar-refractivity contribution in [3.63, 3.8) is 0 Å². The quantitative estimate of drug-likeness (QED) is 0.802. The average Bonchev–Trinajstić information content (AvgIpc) is 2.72. The van der Waals surface area contributed by atoms with Gasteiger partial charge in [0.25, 0.3) is 11.8 Å². The van der Waals surface area contributed by atoms with Crippen LogP contribution < -0.4 is 10.1 Å². The van der Waals surface area contributed by atoms with Crippen LogP contribution in [-0.2, 0) is 14.8 Å². The number of benzene rings is 2. The molecule has 0 radical (unpaired) electrons. The van der Waals surface area contributed by atoms with Crippen molar-refractivity contribution in [2.45, 2.75) is 18.7 Å². The Labute approximate surface area is 175 Å². The second-order valence-electron chi connectivity index (χ2n) is 7.57. The average molecular weight is 429 g/mol.